The summed E-state index contributed by atoms with van der Waals surface area (Å²) in [5.41, 5.74) is 2.01. The maximum Gasteiger partial charge on any atom is 0.231 e. The van der Waals surface area contributed by atoms with Crippen LogP contribution in [0.1, 0.15) is 11.1 Å². The summed E-state index contributed by atoms with van der Waals surface area (Å²) in [5, 5.41) is 3.62. The minimum Gasteiger partial charge on any atom is -0.454 e. The lowest BCUT2D eigenvalue weighted by Crippen LogP contribution is -2.27. The quantitative estimate of drug-likeness (QED) is 0.922. The van der Waals surface area contributed by atoms with Gasteiger partial charge in [0.05, 0.1) is 6.42 Å². The number of carbonyl (C=O) groups is 1. The maximum atomic E-state index is 12.0. The smallest absolute Gasteiger partial charge is 0.231 e. The van der Waals surface area contributed by atoms with E-state index < -0.39 is 0 Å². The lowest BCUT2D eigenvalue weighted by Gasteiger charge is -2.06. The van der Waals surface area contributed by atoms with Gasteiger partial charge in [-0.1, -0.05) is 29.8 Å². The Balaban J connectivity index is 1.48. The molecule has 0 saturated heterocycles. The van der Waals surface area contributed by atoms with Crippen molar-refractivity contribution < 1.29 is 14.3 Å². The van der Waals surface area contributed by atoms with E-state index in [4.69, 9.17) is 21.1 Å². The first kappa shape index (κ1) is 14.7. The molecule has 5 heteroatoms. The third-order valence-electron chi connectivity index (χ3n) is 3.43. The Morgan fingerprint density at radius 3 is 2.82 bits per heavy atom. The van der Waals surface area contributed by atoms with Crippen LogP contribution < -0.4 is 14.8 Å². The third-order valence-corrected chi connectivity index (χ3v) is 3.66. The molecule has 1 N–H and O–H groups in total. The Kier molecular flexibility index (Phi) is 4.49. The van der Waals surface area contributed by atoms with Crippen molar-refractivity contribution in [1.82, 2.24) is 5.32 Å². The van der Waals surface area contributed by atoms with E-state index in [9.17, 15) is 4.79 Å². The second-order valence-electron chi connectivity index (χ2n) is 5.09. The van der Waals surface area contributed by atoms with Gasteiger partial charge in [0.15, 0.2) is 11.5 Å². The molecule has 0 unspecified atom stereocenters. The van der Waals surface area contributed by atoms with Gasteiger partial charge in [-0.05, 0) is 41.8 Å². The fourth-order valence-corrected chi connectivity index (χ4v) is 2.55. The highest BCUT2D eigenvalue weighted by Gasteiger charge is 2.14. The molecule has 0 spiro atoms. The summed E-state index contributed by atoms with van der Waals surface area (Å²) < 4.78 is 10.6. The summed E-state index contributed by atoms with van der Waals surface area (Å²) in [6.07, 6.45) is 1.08. The van der Waals surface area contributed by atoms with Crippen molar-refractivity contribution in [2.75, 3.05) is 13.3 Å². The summed E-state index contributed by atoms with van der Waals surface area (Å²) in [6.45, 7) is 0.828. The van der Waals surface area contributed by atoms with E-state index in [0.717, 1.165) is 23.3 Å². The lowest BCUT2D eigenvalue weighted by molar-refractivity contribution is -0.120. The van der Waals surface area contributed by atoms with Crippen LogP contribution in [0.4, 0.5) is 0 Å². The number of amides is 1. The molecule has 0 aromatic heterocycles. The minimum absolute atomic E-state index is 0.0131. The van der Waals surface area contributed by atoms with Crippen LogP contribution in [0.15, 0.2) is 42.5 Å². The molecule has 1 heterocycles. The number of fused-ring (bicyclic) bond motifs is 1. The lowest BCUT2D eigenvalue weighted by atomic mass is 10.1. The number of carbonyl (C=O) groups excluding carboxylic acids is 1. The van der Waals surface area contributed by atoms with Gasteiger partial charge >= 0.3 is 0 Å². The number of nitrogens with one attached hydrogen (secondary N) is 1. The summed E-state index contributed by atoms with van der Waals surface area (Å²) in [5.74, 6) is 1.41. The largest absolute Gasteiger partial charge is 0.454 e. The molecule has 0 radical (unpaired) electrons. The van der Waals surface area contributed by atoms with Crippen molar-refractivity contribution in [2.24, 2.45) is 0 Å². The van der Waals surface area contributed by atoms with Gasteiger partial charge in [-0.15, -0.1) is 0 Å². The second kappa shape index (κ2) is 6.71. The first-order valence-corrected chi connectivity index (χ1v) is 7.48. The highest BCUT2D eigenvalue weighted by molar-refractivity contribution is 6.30. The molecule has 2 aromatic rings. The van der Waals surface area contributed by atoms with E-state index >= 15 is 0 Å². The zero-order valence-electron chi connectivity index (χ0n) is 12.0. The molecule has 0 bridgehead atoms. The van der Waals surface area contributed by atoms with Crippen molar-refractivity contribution >= 4 is 17.5 Å². The van der Waals surface area contributed by atoms with E-state index in [1.807, 2.05) is 42.5 Å². The molecule has 3 rings (SSSR count). The van der Waals surface area contributed by atoms with Crippen LogP contribution in [0.2, 0.25) is 5.02 Å². The van der Waals surface area contributed by atoms with Crippen molar-refractivity contribution in [3.8, 4) is 11.5 Å². The van der Waals surface area contributed by atoms with Crippen molar-refractivity contribution in [3.05, 3.63) is 58.6 Å². The molecule has 4 nitrogen and oxygen atoms in total. The number of halogens is 1. The van der Waals surface area contributed by atoms with Crippen LogP contribution >= 0.6 is 11.6 Å². The monoisotopic (exact) mass is 317 g/mol. The maximum absolute atomic E-state index is 12.0. The summed E-state index contributed by atoms with van der Waals surface area (Å²) in [7, 11) is 0. The molecule has 1 aliphatic rings. The highest BCUT2D eigenvalue weighted by atomic mass is 35.5. The van der Waals surface area contributed by atoms with Gasteiger partial charge in [0, 0.05) is 11.6 Å². The number of hydrogen-bond donors (Lipinski definition) is 1. The van der Waals surface area contributed by atoms with Gasteiger partial charge in [0.25, 0.3) is 0 Å². The van der Waals surface area contributed by atoms with E-state index in [2.05, 4.69) is 5.32 Å². The number of benzene rings is 2. The van der Waals surface area contributed by atoms with Crippen molar-refractivity contribution in [2.45, 2.75) is 12.8 Å². The van der Waals surface area contributed by atoms with Crippen LogP contribution in [0.25, 0.3) is 0 Å². The predicted octanol–water partition coefficient (Wildman–Crippen LogP) is 2.97. The molecule has 0 atom stereocenters. The molecular weight excluding hydrogens is 302 g/mol. The van der Waals surface area contributed by atoms with Crippen LogP contribution in [-0.2, 0) is 17.6 Å². The van der Waals surface area contributed by atoms with E-state index in [-0.39, 0.29) is 12.7 Å². The third kappa shape index (κ3) is 3.71. The predicted molar refractivity (Wildman–Crippen MR) is 84.4 cm³/mol. The summed E-state index contributed by atoms with van der Waals surface area (Å²) >= 11 is 5.93. The topological polar surface area (TPSA) is 47.6 Å². The second-order valence-corrected chi connectivity index (χ2v) is 5.53. The van der Waals surface area contributed by atoms with Gasteiger partial charge in [-0.2, -0.15) is 0 Å². The van der Waals surface area contributed by atoms with E-state index in [1.165, 1.54) is 0 Å². The Morgan fingerprint density at radius 2 is 1.95 bits per heavy atom. The molecule has 0 aliphatic carbocycles. The van der Waals surface area contributed by atoms with Crippen molar-refractivity contribution in [1.29, 1.82) is 0 Å². The molecule has 114 valence electrons. The average molecular weight is 318 g/mol. The Bertz CT molecular complexity index is 687. The van der Waals surface area contributed by atoms with Gasteiger partial charge in [-0.25, -0.2) is 0 Å². The van der Waals surface area contributed by atoms with E-state index in [1.54, 1.807) is 0 Å². The molecule has 1 aliphatic heterocycles. The van der Waals surface area contributed by atoms with Gasteiger partial charge in [0.1, 0.15) is 0 Å². The van der Waals surface area contributed by atoms with Crippen LogP contribution in [-0.4, -0.2) is 19.2 Å². The molecule has 0 fully saturated rings. The first-order valence-electron chi connectivity index (χ1n) is 7.10. The fourth-order valence-electron chi connectivity index (χ4n) is 2.34. The van der Waals surface area contributed by atoms with Crippen LogP contribution in [0.3, 0.4) is 0 Å². The summed E-state index contributed by atoms with van der Waals surface area (Å²) in [6, 6.07) is 13.2. The highest BCUT2D eigenvalue weighted by Crippen LogP contribution is 2.32. The Hall–Kier alpha value is -2.20. The molecule has 2 aromatic carbocycles. The van der Waals surface area contributed by atoms with E-state index in [0.29, 0.717) is 23.7 Å². The van der Waals surface area contributed by atoms with Crippen LogP contribution in [0.5, 0.6) is 11.5 Å². The van der Waals surface area contributed by atoms with Gasteiger partial charge in [0.2, 0.25) is 12.7 Å². The normalized spacial score (nSPS) is 12.2. The Labute approximate surface area is 134 Å². The first-order chi connectivity index (χ1) is 10.7. The molecule has 1 amide bonds. The number of hydrogen-bond acceptors (Lipinski definition) is 3. The molecular formula is C17H16ClNO3. The number of rotatable bonds is 5. The average Bonchev–Trinajstić information content (AvgIpc) is 2.95. The minimum atomic E-state index is -0.0131. The Morgan fingerprint density at radius 1 is 1.09 bits per heavy atom. The van der Waals surface area contributed by atoms with Gasteiger partial charge in [-0.3, -0.25) is 4.79 Å². The molecule has 22 heavy (non-hydrogen) atoms. The van der Waals surface area contributed by atoms with Crippen LogP contribution in [0, 0.1) is 0 Å². The number of ether oxygens (including phenoxy) is 2. The van der Waals surface area contributed by atoms with Crippen molar-refractivity contribution in [3.63, 3.8) is 0 Å². The summed E-state index contributed by atoms with van der Waals surface area (Å²) in [4.78, 5) is 12.0. The molecule has 0 saturated carbocycles. The fraction of sp³-hybridized carbons (Fsp3) is 0.235. The zero-order chi connectivity index (χ0) is 15.4. The zero-order valence-corrected chi connectivity index (χ0v) is 12.7. The van der Waals surface area contributed by atoms with Gasteiger partial charge < -0.3 is 14.8 Å². The SMILES string of the molecule is O=C(Cc1ccc2c(c1)OCO2)NCCc1cccc(Cl)c1. The standard InChI is InChI=1S/C17H16ClNO3/c18-14-3-1-2-12(8-14)6-7-19-17(20)10-13-4-5-15-16(9-13)22-11-21-15/h1-5,8-9H,6-7,10-11H2,(H,19,20).